The molecule has 1 aliphatic carbocycles. The molecule has 1 fully saturated rings. The molecule has 44 heavy (non-hydrogen) atoms. The zero-order valence-corrected chi connectivity index (χ0v) is 24.7. The van der Waals surface area contributed by atoms with E-state index in [2.05, 4.69) is 0 Å². The van der Waals surface area contributed by atoms with Gasteiger partial charge in [-0.2, -0.15) is 16.8 Å². The standard InChI is InChI=1S/C30H26N2O10S2/c33-31(34)24-8-16-28(17-9-24)43(37,38)41-26-12-4-22(5-13-26)30(20-2-1-3-21-30)23-6-14-27(15-7-23)42-44(39,40)29-18-10-25(11-19-29)32(35)36/h4-19H,1-3,20-21H2. The summed E-state index contributed by atoms with van der Waals surface area (Å²) < 4.78 is 61.5. The van der Waals surface area contributed by atoms with Crippen molar-refractivity contribution in [1.29, 1.82) is 0 Å². The number of nitrogens with zero attached hydrogens (tertiary/aromatic N) is 2. The second kappa shape index (κ2) is 12.1. The second-order valence-electron chi connectivity index (χ2n) is 10.3. The molecule has 1 aliphatic rings. The van der Waals surface area contributed by atoms with Gasteiger partial charge in [0.15, 0.2) is 0 Å². The first-order chi connectivity index (χ1) is 20.9. The number of non-ortho nitro benzene ring substituents is 2. The van der Waals surface area contributed by atoms with E-state index in [1.165, 1.54) is 0 Å². The van der Waals surface area contributed by atoms with E-state index >= 15 is 0 Å². The molecule has 0 atom stereocenters. The van der Waals surface area contributed by atoms with Crippen molar-refractivity contribution in [3.8, 4) is 11.5 Å². The number of hydrogen-bond acceptors (Lipinski definition) is 10. The molecule has 0 aliphatic heterocycles. The summed E-state index contributed by atoms with van der Waals surface area (Å²) in [4.78, 5) is 20.1. The molecule has 0 bridgehead atoms. The quantitative estimate of drug-likeness (QED) is 0.109. The number of hydrogen-bond donors (Lipinski definition) is 0. The minimum atomic E-state index is -4.22. The predicted molar refractivity (Wildman–Crippen MR) is 159 cm³/mol. The van der Waals surface area contributed by atoms with E-state index in [1.807, 2.05) is 0 Å². The third kappa shape index (κ3) is 6.40. The lowest BCUT2D eigenvalue weighted by molar-refractivity contribution is -0.385. The summed E-state index contributed by atoms with van der Waals surface area (Å²) >= 11 is 0. The van der Waals surface area contributed by atoms with Crippen LogP contribution >= 0.6 is 0 Å². The number of nitro groups is 2. The highest BCUT2D eigenvalue weighted by Gasteiger charge is 2.36. The predicted octanol–water partition coefficient (Wildman–Crippen LogP) is 6.29. The zero-order chi connectivity index (χ0) is 31.5. The van der Waals surface area contributed by atoms with Crippen LogP contribution in [0, 0.1) is 20.2 Å². The van der Waals surface area contributed by atoms with Crippen molar-refractivity contribution in [3.05, 3.63) is 128 Å². The topological polar surface area (TPSA) is 173 Å². The maximum absolute atomic E-state index is 12.7. The Labute approximate surface area is 253 Å². The third-order valence-corrected chi connectivity index (χ3v) is 10.1. The SMILES string of the molecule is O=[N+]([O-])c1ccc(S(=O)(=O)Oc2ccc(C3(c4ccc(OS(=O)(=O)c5ccc([N+](=O)[O-])cc5)cc4)CCCCC3)cc2)cc1. The van der Waals surface area contributed by atoms with Crippen LogP contribution in [0.25, 0.3) is 0 Å². The maximum atomic E-state index is 12.7. The number of nitro benzene ring substituents is 2. The van der Waals surface area contributed by atoms with Gasteiger partial charge in [0.1, 0.15) is 21.3 Å². The Morgan fingerprint density at radius 1 is 0.523 bits per heavy atom. The van der Waals surface area contributed by atoms with Crippen LogP contribution < -0.4 is 8.37 Å². The van der Waals surface area contributed by atoms with Crippen LogP contribution in [0.4, 0.5) is 11.4 Å². The minimum Gasteiger partial charge on any atom is -0.379 e. The fraction of sp³-hybridized carbons (Fsp3) is 0.200. The van der Waals surface area contributed by atoms with Crippen molar-refractivity contribution in [2.24, 2.45) is 0 Å². The van der Waals surface area contributed by atoms with Gasteiger partial charge < -0.3 is 8.37 Å². The first-order valence-electron chi connectivity index (χ1n) is 13.5. The van der Waals surface area contributed by atoms with E-state index in [-0.39, 0.29) is 32.7 Å². The number of rotatable bonds is 10. The first kappa shape index (κ1) is 30.6. The van der Waals surface area contributed by atoms with Gasteiger partial charge in [-0.05, 0) is 72.5 Å². The molecule has 228 valence electrons. The van der Waals surface area contributed by atoms with Gasteiger partial charge in [-0.3, -0.25) is 20.2 Å². The zero-order valence-electron chi connectivity index (χ0n) is 23.1. The smallest absolute Gasteiger partial charge is 0.339 e. The minimum absolute atomic E-state index is 0.0817. The highest BCUT2D eigenvalue weighted by atomic mass is 32.2. The van der Waals surface area contributed by atoms with E-state index in [1.54, 1.807) is 48.5 Å². The van der Waals surface area contributed by atoms with E-state index < -0.39 is 35.5 Å². The van der Waals surface area contributed by atoms with Gasteiger partial charge in [-0.25, -0.2) is 0 Å². The van der Waals surface area contributed by atoms with Crippen LogP contribution in [0.15, 0.2) is 107 Å². The molecule has 0 amide bonds. The maximum Gasteiger partial charge on any atom is 0.339 e. The molecule has 0 spiro atoms. The van der Waals surface area contributed by atoms with E-state index in [4.69, 9.17) is 8.37 Å². The molecule has 0 unspecified atom stereocenters. The average molecular weight is 639 g/mol. The summed E-state index contributed by atoms with van der Waals surface area (Å²) in [6, 6.07) is 22.3. The molecule has 0 radical (unpaired) electrons. The molecule has 4 aromatic rings. The van der Waals surface area contributed by atoms with Gasteiger partial charge in [-0.15, -0.1) is 0 Å². The number of benzene rings is 4. The molecule has 14 heteroatoms. The van der Waals surface area contributed by atoms with Gasteiger partial charge >= 0.3 is 20.2 Å². The van der Waals surface area contributed by atoms with Crippen molar-refractivity contribution in [3.63, 3.8) is 0 Å². The normalized spacial score (nSPS) is 14.8. The average Bonchev–Trinajstić information content (AvgIpc) is 3.02. The molecule has 0 saturated heterocycles. The van der Waals surface area contributed by atoms with Gasteiger partial charge in [-0.1, -0.05) is 43.5 Å². The Bertz CT molecular complexity index is 1750. The Morgan fingerprint density at radius 3 is 1.18 bits per heavy atom. The van der Waals surface area contributed by atoms with Gasteiger partial charge in [0.25, 0.3) is 11.4 Å². The van der Waals surface area contributed by atoms with E-state index in [0.29, 0.717) is 0 Å². The molecule has 4 aromatic carbocycles. The summed E-state index contributed by atoms with van der Waals surface area (Å²) in [5.41, 5.74) is 0.978. The first-order valence-corrected chi connectivity index (χ1v) is 16.3. The highest BCUT2D eigenvalue weighted by Crippen LogP contribution is 2.45. The van der Waals surface area contributed by atoms with Crippen LogP contribution in [0.1, 0.15) is 43.2 Å². The van der Waals surface area contributed by atoms with Crippen LogP contribution in [0.3, 0.4) is 0 Å². The summed E-state index contributed by atoms with van der Waals surface area (Å²) in [5.74, 6) is 0.163. The van der Waals surface area contributed by atoms with Crippen molar-refractivity contribution in [2.45, 2.75) is 47.3 Å². The summed E-state index contributed by atoms with van der Waals surface area (Å²) in [5, 5.41) is 21.7. The van der Waals surface area contributed by atoms with Crippen molar-refractivity contribution < 1.29 is 35.0 Å². The van der Waals surface area contributed by atoms with Crippen LogP contribution in [0.2, 0.25) is 0 Å². The Kier molecular flexibility index (Phi) is 8.39. The van der Waals surface area contributed by atoms with Crippen molar-refractivity contribution in [2.75, 3.05) is 0 Å². The lowest BCUT2D eigenvalue weighted by Gasteiger charge is -2.38. The van der Waals surface area contributed by atoms with E-state index in [0.717, 1.165) is 91.8 Å². The molecule has 0 aromatic heterocycles. The highest BCUT2D eigenvalue weighted by molar-refractivity contribution is 7.87. The van der Waals surface area contributed by atoms with Crippen LogP contribution in [-0.4, -0.2) is 26.7 Å². The molecule has 1 saturated carbocycles. The third-order valence-electron chi connectivity index (χ3n) is 7.61. The molecular formula is C30H26N2O10S2. The molecule has 0 N–H and O–H groups in total. The Balaban J connectivity index is 1.35. The van der Waals surface area contributed by atoms with Gasteiger partial charge in [0.2, 0.25) is 0 Å². The summed E-state index contributed by atoms with van der Waals surface area (Å²) in [6.45, 7) is 0. The van der Waals surface area contributed by atoms with Gasteiger partial charge in [0.05, 0.1) is 9.85 Å². The van der Waals surface area contributed by atoms with Crippen molar-refractivity contribution >= 4 is 31.6 Å². The lowest BCUT2D eigenvalue weighted by Crippen LogP contribution is -2.30. The summed E-state index contributed by atoms with van der Waals surface area (Å²) in [7, 11) is -8.44. The van der Waals surface area contributed by atoms with Crippen LogP contribution in [-0.2, 0) is 25.7 Å². The second-order valence-corrected chi connectivity index (χ2v) is 13.4. The Hall–Kier alpha value is -4.82. The van der Waals surface area contributed by atoms with Gasteiger partial charge in [0, 0.05) is 29.7 Å². The monoisotopic (exact) mass is 638 g/mol. The fourth-order valence-corrected chi connectivity index (χ4v) is 7.24. The van der Waals surface area contributed by atoms with Crippen LogP contribution in [0.5, 0.6) is 11.5 Å². The largest absolute Gasteiger partial charge is 0.379 e. The molecule has 0 heterocycles. The molecule has 12 nitrogen and oxygen atoms in total. The molecular weight excluding hydrogens is 612 g/mol. The molecule has 5 rings (SSSR count). The van der Waals surface area contributed by atoms with Crippen molar-refractivity contribution in [1.82, 2.24) is 0 Å². The lowest BCUT2D eigenvalue weighted by atomic mass is 9.65. The Morgan fingerprint density at radius 2 is 0.864 bits per heavy atom. The summed E-state index contributed by atoms with van der Waals surface area (Å²) in [6.07, 6.45) is 4.61. The van der Waals surface area contributed by atoms with E-state index in [9.17, 15) is 37.1 Å². The fourth-order valence-electron chi connectivity index (χ4n) is 5.38.